The highest BCUT2D eigenvalue weighted by atomic mass is 16.2. The van der Waals surface area contributed by atoms with Crippen molar-refractivity contribution in [1.29, 1.82) is 0 Å². The van der Waals surface area contributed by atoms with Gasteiger partial charge in [0, 0.05) is 39.1 Å². The maximum Gasteiger partial charge on any atom is 0.311 e. The van der Waals surface area contributed by atoms with Gasteiger partial charge in [-0.05, 0) is 13.0 Å². The molecule has 7 heteroatoms. The molecular weight excluding hydrogens is 246 g/mol. The molecule has 1 aliphatic heterocycles. The Kier molecular flexibility index (Phi) is 4.51. The topological polar surface area (TPSA) is 79.3 Å². The number of imidazole rings is 1. The van der Waals surface area contributed by atoms with Gasteiger partial charge in [0.05, 0.1) is 6.54 Å². The highest BCUT2D eigenvalue weighted by molar-refractivity contribution is 6.34. The third-order valence-corrected chi connectivity index (χ3v) is 3.15. The molecule has 1 saturated heterocycles. The summed E-state index contributed by atoms with van der Waals surface area (Å²) in [7, 11) is 1.84. The predicted molar refractivity (Wildman–Crippen MR) is 69.1 cm³/mol. The largest absolute Gasteiger partial charge is 0.341 e. The molecule has 0 aliphatic carbocycles. The van der Waals surface area contributed by atoms with Crippen LogP contribution >= 0.6 is 0 Å². The monoisotopic (exact) mass is 265 g/mol. The Hall–Kier alpha value is -1.89. The van der Waals surface area contributed by atoms with E-state index in [9.17, 15) is 9.59 Å². The lowest BCUT2D eigenvalue weighted by Crippen LogP contribution is -2.44. The molecule has 2 rings (SSSR count). The third-order valence-electron chi connectivity index (χ3n) is 3.15. The van der Waals surface area contributed by atoms with Crippen molar-refractivity contribution >= 4 is 11.8 Å². The van der Waals surface area contributed by atoms with Crippen molar-refractivity contribution in [2.75, 3.05) is 26.2 Å². The van der Waals surface area contributed by atoms with E-state index >= 15 is 0 Å². The van der Waals surface area contributed by atoms with Gasteiger partial charge >= 0.3 is 11.8 Å². The number of aryl methyl sites for hydroxylation is 1. The Morgan fingerprint density at radius 2 is 2.26 bits per heavy atom. The summed E-state index contributed by atoms with van der Waals surface area (Å²) in [6.45, 7) is 3.09. The van der Waals surface area contributed by atoms with E-state index in [4.69, 9.17) is 0 Å². The van der Waals surface area contributed by atoms with E-state index in [0.717, 1.165) is 25.3 Å². The number of nitrogens with one attached hydrogen (secondary N) is 2. The molecule has 104 valence electrons. The summed E-state index contributed by atoms with van der Waals surface area (Å²) in [5.41, 5.74) is 0. The number of rotatable bonds is 2. The molecule has 1 aliphatic rings. The molecule has 19 heavy (non-hydrogen) atoms. The van der Waals surface area contributed by atoms with Crippen molar-refractivity contribution in [2.45, 2.75) is 13.0 Å². The van der Waals surface area contributed by atoms with E-state index < -0.39 is 11.8 Å². The minimum atomic E-state index is -0.565. The maximum absolute atomic E-state index is 12.0. The quantitative estimate of drug-likeness (QED) is 0.662. The van der Waals surface area contributed by atoms with Crippen LogP contribution in [0.2, 0.25) is 0 Å². The first kappa shape index (κ1) is 13.5. The number of amides is 2. The fourth-order valence-electron chi connectivity index (χ4n) is 1.99. The molecule has 2 N–H and O–H groups in total. The second kappa shape index (κ2) is 6.33. The molecule has 1 aromatic rings. The van der Waals surface area contributed by atoms with Gasteiger partial charge < -0.3 is 20.1 Å². The normalized spacial score (nSPS) is 15.9. The lowest BCUT2D eigenvalue weighted by atomic mass is 10.3. The Bertz CT molecular complexity index is 449. The van der Waals surface area contributed by atoms with Gasteiger partial charge in [0.15, 0.2) is 0 Å². The number of carbonyl (C=O) groups excluding carboxylic acids is 2. The average molecular weight is 265 g/mol. The zero-order valence-electron chi connectivity index (χ0n) is 11.1. The summed E-state index contributed by atoms with van der Waals surface area (Å²) < 4.78 is 1.81. The van der Waals surface area contributed by atoms with Gasteiger partial charge in [-0.25, -0.2) is 4.98 Å². The van der Waals surface area contributed by atoms with Crippen molar-refractivity contribution < 1.29 is 9.59 Å². The molecule has 0 atom stereocenters. The first-order valence-electron chi connectivity index (χ1n) is 6.42. The van der Waals surface area contributed by atoms with Gasteiger partial charge in [-0.1, -0.05) is 0 Å². The van der Waals surface area contributed by atoms with Crippen LogP contribution in [-0.2, 0) is 23.2 Å². The summed E-state index contributed by atoms with van der Waals surface area (Å²) in [6, 6.07) is 0. The maximum atomic E-state index is 12.0. The van der Waals surface area contributed by atoms with E-state index in [1.807, 2.05) is 7.05 Å². The van der Waals surface area contributed by atoms with Gasteiger partial charge in [-0.15, -0.1) is 0 Å². The highest BCUT2D eigenvalue weighted by Crippen LogP contribution is 1.98. The molecule has 1 aromatic heterocycles. The Morgan fingerprint density at radius 3 is 3.00 bits per heavy atom. The third kappa shape index (κ3) is 3.54. The van der Waals surface area contributed by atoms with Crippen LogP contribution in [0.5, 0.6) is 0 Å². The van der Waals surface area contributed by atoms with Gasteiger partial charge in [-0.3, -0.25) is 9.59 Å². The Labute approximate surface area is 112 Å². The van der Waals surface area contributed by atoms with Crippen LogP contribution in [-0.4, -0.2) is 52.4 Å². The molecule has 0 bridgehead atoms. The van der Waals surface area contributed by atoms with E-state index in [2.05, 4.69) is 15.6 Å². The summed E-state index contributed by atoms with van der Waals surface area (Å²) in [5.74, 6) is -0.304. The Balaban J connectivity index is 1.85. The average Bonchev–Trinajstić information content (AvgIpc) is 2.68. The van der Waals surface area contributed by atoms with E-state index in [0.29, 0.717) is 13.1 Å². The molecule has 2 heterocycles. The molecule has 0 unspecified atom stereocenters. The van der Waals surface area contributed by atoms with Crippen LogP contribution in [0.15, 0.2) is 12.4 Å². The van der Waals surface area contributed by atoms with Crippen LogP contribution < -0.4 is 10.6 Å². The summed E-state index contributed by atoms with van der Waals surface area (Å²) in [4.78, 5) is 29.4. The molecular formula is C12H19N5O2. The van der Waals surface area contributed by atoms with Crippen molar-refractivity contribution in [3.05, 3.63) is 18.2 Å². The second-order valence-corrected chi connectivity index (χ2v) is 4.53. The molecule has 7 nitrogen and oxygen atoms in total. The molecule has 0 radical (unpaired) electrons. The number of aromatic nitrogens is 2. The van der Waals surface area contributed by atoms with Crippen LogP contribution in [0, 0.1) is 0 Å². The first-order valence-corrected chi connectivity index (χ1v) is 6.42. The molecule has 1 fully saturated rings. The lowest BCUT2D eigenvalue weighted by Gasteiger charge is -2.19. The number of hydrogen-bond acceptors (Lipinski definition) is 4. The van der Waals surface area contributed by atoms with Crippen molar-refractivity contribution in [3.63, 3.8) is 0 Å². The number of carbonyl (C=O) groups is 2. The van der Waals surface area contributed by atoms with Crippen LogP contribution in [0.25, 0.3) is 0 Å². The van der Waals surface area contributed by atoms with E-state index in [-0.39, 0.29) is 6.54 Å². The minimum Gasteiger partial charge on any atom is -0.341 e. The smallest absolute Gasteiger partial charge is 0.311 e. The fraction of sp³-hybridized carbons (Fsp3) is 0.583. The SMILES string of the molecule is Cn1ccnc1CNC(=O)C(=O)N1CCCNCC1. The number of hydrogen-bond donors (Lipinski definition) is 2. The standard InChI is InChI=1S/C12H19N5O2/c1-16-7-5-14-10(16)9-15-11(18)12(19)17-6-2-3-13-4-8-17/h5,7,13H,2-4,6,8-9H2,1H3,(H,15,18). The number of nitrogens with zero attached hydrogens (tertiary/aromatic N) is 3. The summed E-state index contributed by atoms with van der Waals surface area (Å²) in [6.07, 6.45) is 4.33. The van der Waals surface area contributed by atoms with E-state index in [1.165, 1.54) is 0 Å². The van der Waals surface area contributed by atoms with Gasteiger partial charge in [0.1, 0.15) is 5.82 Å². The predicted octanol–water partition coefficient (Wildman–Crippen LogP) is -1.14. The van der Waals surface area contributed by atoms with Gasteiger partial charge in [-0.2, -0.15) is 0 Å². The van der Waals surface area contributed by atoms with Crippen molar-refractivity contribution in [1.82, 2.24) is 25.1 Å². The van der Waals surface area contributed by atoms with E-state index in [1.54, 1.807) is 21.9 Å². The van der Waals surface area contributed by atoms with Crippen LogP contribution in [0.4, 0.5) is 0 Å². The Morgan fingerprint density at radius 1 is 1.42 bits per heavy atom. The molecule has 2 amide bonds. The van der Waals surface area contributed by atoms with Crippen molar-refractivity contribution in [2.24, 2.45) is 7.05 Å². The second-order valence-electron chi connectivity index (χ2n) is 4.53. The first-order chi connectivity index (χ1) is 9.18. The molecule has 0 aromatic carbocycles. The highest BCUT2D eigenvalue weighted by Gasteiger charge is 2.22. The zero-order chi connectivity index (χ0) is 13.7. The van der Waals surface area contributed by atoms with Crippen LogP contribution in [0.3, 0.4) is 0 Å². The molecule has 0 spiro atoms. The fourth-order valence-corrected chi connectivity index (χ4v) is 1.99. The summed E-state index contributed by atoms with van der Waals surface area (Å²) in [5, 5.41) is 5.80. The van der Waals surface area contributed by atoms with Gasteiger partial charge in [0.25, 0.3) is 0 Å². The minimum absolute atomic E-state index is 0.264. The molecule has 0 saturated carbocycles. The van der Waals surface area contributed by atoms with Gasteiger partial charge in [0.2, 0.25) is 0 Å². The zero-order valence-corrected chi connectivity index (χ0v) is 11.1. The lowest BCUT2D eigenvalue weighted by molar-refractivity contribution is -0.145. The summed E-state index contributed by atoms with van der Waals surface area (Å²) >= 11 is 0. The van der Waals surface area contributed by atoms with Crippen molar-refractivity contribution in [3.8, 4) is 0 Å². The van der Waals surface area contributed by atoms with Crippen LogP contribution in [0.1, 0.15) is 12.2 Å².